The Bertz CT molecular complexity index is 355. The molecule has 1 N–H and O–H groups in total. The Hall–Kier alpha value is -1.16. The van der Waals surface area contributed by atoms with Crippen molar-refractivity contribution in [3.05, 3.63) is 17.5 Å². The van der Waals surface area contributed by atoms with Crippen molar-refractivity contribution in [3.8, 4) is 0 Å². The molecule has 0 spiro atoms. The molecule has 0 bridgehead atoms. The third-order valence-corrected chi connectivity index (χ3v) is 3.17. The highest BCUT2D eigenvalue weighted by Crippen LogP contribution is 2.16. The standard InChI is InChI=1S/C13H22N4/c1-4-14-12-6-5-7-17(9-12)13-15-10(2)8-11(3)16-13/h8,12,14H,4-7,9H2,1-3H3. The zero-order valence-corrected chi connectivity index (χ0v) is 11.0. The zero-order valence-electron chi connectivity index (χ0n) is 11.0. The van der Waals surface area contributed by atoms with Crippen LogP contribution in [0.3, 0.4) is 0 Å². The number of nitrogens with zero attached hydrogens (tertiary/aromatic N) is 3. The van der Waals surface area contributed by atoms with E-state index in [-0.39, 0.29) is 0 Å². The minimum Gasteiger partial charge on any atom is -0.339 e. The summed E-state index contributed by atoms with van der Waals surface area (Å²) in [5, 5.41) is 3.52. The quantitative estimate of drug-likeness (QED) is 0.864. The molecule has 17 heavy (non-hydrogen) atoms. The molecule has 1 aliphatic rings. The molecule has 1 atom stereocenters. The summed E-state index contributed by atoms with van der Waals surface area (Å²) in [5.41, 5.74) is 2.11. The van der Waals surface area contributed by atoms with E-state index in [1.54, 1.807) is 0 Å². The van der Waals surface area contributed by atoms with Gasteiger partial charge in [-0.1, -0.05) is 6.92 Å². The summed E-state index contributed by atoms with van der Waals surface area (Å²) in [6.45, 7) is 9.35. The van der Waals surface area contributed by atoms with Crippen molar-refractivity contribution >= 4 is 5.95 Å². The van der Waals surface area contributed by atoms with Gasteiger partial charge in [-0.05, 0) is 39.3 Å². The van der Waals surface area contributed by atoms with E-state index in [0.29, 0.717) is 6.04 Å². The van der Waals surface area contributed by atoms with Crippen LogP contribution < -0.4 is 10.2 Å². The molecule has 0 saturated carbocycles. The van der Waals surface area contributed by atoms with E-state index in [4.69, 9.17) is 0 Å². The summed E-state index contributed by atoms with van der Waals surface area (Å²) in [4.78, 5) is 11.4. The van der Waals surface area contributed by atoms with E-state index >= 15 is 0 Å². The Morgan fingerprint density at radius 1 is 1.35 bits per heavy atom. The summed E-state index contributed by atoms with van der Waals surface area (Å²) in [7, 11) is 0. The van der Waals surface area contributed by atoms with Crippen LogP contribution in [0.5, 0.6) is 0 Å². The molecule has 1 aromatic rings. The summed E-state index contributed by atoms with van der Waals surface area (Å²) in [5.74, 6) is 0.894. The van der Waals surface area contributed by atoms with Gasteiger partial charge >= 0.3 is 0 Å². The van der Waals surface area contributed by atoms with Crippen LogP contribution in [0.15, 0.2) is 6.07 Å². The van der Waals surface area contributed by atoms with Gasteiger partial charge in [-0.25, -0.2) is 9.97 Å². The first-order chi connectivity index (χ1) is 8.19. The Kier molecular flexibility index (Phi) is 3.94. The zero-order chi connectivity index (χ0) is 12.3. The van der Waals surface area contributed by atoms with E-state index < -0.39 is 0 Å². The lowest BCUT2D eigenvalue weighted by Crippen LogP contribution is -2.46. The van der Waals surface area contributed by atoms with Gasteiger partial charge in [0.15, 0.2) is 0 Å². The van der Waals surface area contributed by atoms with Gasteiger partial charge in [-0.3, -0.25) is 0 Å². The number of aryl methyl sites for hydroxylation is 2. The van der Waals surface area contributed by atoms with Crippen LogP contribution in [-0.4, -0.2) is 35.6 Å². The van der Waals surface area contributed by atoms with E-state index in [9.17, 15) is 0 Å². The highest BCUT2D eigenvalue weighted by atomic mass is 15.3. The smallest absolute Gasteiger partial charge is 0.225 e. The number of rotatable bonds is 3. The third-order valence-electron chi connectivity index (χ3n) is 3.17. The monoisotopic (exact) mass is 234 g/mol. The van der Waals surface area contributed by atoms with Crippen molar-refractivity contribution in [1.82, 2.24) is 15.3 Å². The number of likely N-dealkylation sites (N-methyl/N-ethyl adjacent to an activating group) is 1. The molecule has 2 heterocycles. The Morgan fingerprint density at radius 2 is 2.06 bits per heavy atom. The molecule has 0 aromatic carbocycles. The fourth-order valence-corrected chi connectivity index (χ4v) is 2.46. The van der Waals surface area contributed by atoms with Gasteiger partial charge in [0.05, 0.1) is 0 Å². The molecule has 1 aliphatic heterocycles. The van der Waals surface area contributed by atoms with Crippen molar-refractivity contribution in [2.45, 2.75) is 39.7 Å². The van der Waals surface area contributed by atoms with Crippen LogP contribution in [0.2, 0.25) is 0 Å². The molecular weight excluding hydrogens is 212 g/mol. The fraction of sp³-hybridized carbons (Fsp3) is 0.692. The molecule has 0 aliphatic carbocycles. The lowest BCUT2D eigenvalue weighted by atomic mass is 10.1. The van der Waals surface area contributed by atoms with E-state index in [0.717, 1.165) is 37.0 Å². The number of aromatic nitrogens is 2. The Balaban J connectivity index is 2.10. The van der Waals surface area contributed by atoms with Crippen molar-refractivity contribution in [2.75, 3.05) is 24.5 Å². The van der Waals surface area contributed by atoms with E-state index in [1.807, 2.05) is 19.9 Å². The Morgan fingerprint density at radius 3 is 2.71 bits per heavy atom. The molecule has 1 saturated heterocycles. The molecule has 1 aromatic heterocycles. The van der Waals surface area contributed by atoms with Gasteiger partial charge in [-0.15, -0.1) is 0 Å². The molecular formula is C13H22N4. The molecule has 94 valence electrons. The van der Waals surface area contributed by atoms with E-state index in [1.165, 1.54) is 12.8 Å². The Labute approximate surface area is 103 Å². The second-order valence-corrected chi connectivity index (χ2v) is 4.79. The van der Waals surface area contributed by atoms with Crippen molar-refractivity contribution in [3.63, 3.8) is 0 Å². The maximum Gasteiger partial charge on any atom is 0.225 e. The number of nitrogens with one attached hydrogen (secondary N) is 1. The van der Waals surface area contributed by atoms with Crippen LogP contribution in [0.1, 0.15) is 31.2 Å². The number of hydrogen-bond acceptors (Lipinski definition) is 4. The number of hydrogen-bond donors (Lipinski definition) is 1. The molecule has 4 nitrogen and oxygen atoms in total. The molecule has 0 radical (unpaired) electrons. The van der Waals surface area contributed by atoms with Crippen LogP contribution >= 0.6 is 0 Å². The molecule has 4 heteroatoms. The van der Waals surface area contributed by atoms with Crippen LogP contribution in [0.25, 0.3) is 0 Å². The maximum absolute atomic E-state index is 4.54. The topological polar surface area (TPSA) is 41.0 Å². The fourth-order valence-electron chi connectivity index (χ4n) is 2.46. The average molecular weight is 234 g/mol. The lowest BCUT2D eigenvalue weighted by Gasteiger charge is -2.33. The van der Waals surface area contributed by atoms with Crippen molar-refractivity contribution in [1.29, 1.82) is 0 Å². The van der Waals surface area contributed by atoms with Crippen LogP contribution in [0, 0.1) is 13.8 Å². The first kappa shape index (κ1) is 12.3. The van der Waals surface area contributed by atoms with Crippen LogP contribution in [-0.2, 0) is 0 Å². The SMILES string of the molecule is CCNC1CCCN(c2nc(C)cc(C)n2)C1. The van der Waals surface area contributed by atoms with Crippen molar-refractivity contribution in [2.24, 2.45) is 0 Å². The van der Waals surface area contributed by atoms with Gasteiger partial charge < -0.3 is 10.2 Å². The number of anilines is 1. The average Bonchev–Trinajstić information content (AvgIpc) is 2.28. The van der Waals surface area contributed by atoms with Gasteiger partial charge in [-0.2, -0.15) is 0 Å². The van der Waals surface area contributed by atoms with Crippen LogP contribution in [0.4, 0.5) is 5.95 Å². The summed E-state index contributed by atoms with van der Waals surface area (Å²) >= 11 is 0. The van der Waals surface area contributed by atoms with Crippen molar-refractivity contribution < 1.29 is 0 Å². The molecule has 1 fully saturated rings. The predicted molar refractivity (Wildman–Crippen MR) is 70.4 cm³/mol. The summed E-state index contributed by atoms with van der Waals surface area (Å²) < 4.78 is 0. The number of piperidine rings is 1. The second kappa shape index (κ2) is 5.45. The normalized spacial score (nSPS) is 20.6. The molecule has 1 unspecified atom stereocenters. The second-order valence-electron chi connectivity index (χ2n) is 4.79. The van der Waals surface area contributed by atoms with Gasteiger partial charge in [0.1, 0.15) is 0 Å². The minimum atomic E-state index is 0.582. The maximum atomic E-state index is 4.54. The third kappa shape index (κ3) is 3.16. The summed E-state index contributed by atoms with van der Waals surface area (Å²) in [6, 6.07) is 2.60. The van der Waals surface area contributed by atoms with Gasteiger partial charge in [0, 0.05) is 30.5 Å². The van der Waals surface area contributed by atoms with Gasteiger partial charge in [0.2, 0.25) is 5.95 Å². The first-order valence-corrected chi connectivity index (χ1v) is 6.49. The van der Waals surface area contributed by atoms with Gasteiger partial charge in [0.25, 0.3) is 0 Å². The molecule has 0 amide bonds. The summed E-state index contributed by atoms with van der Waals surface area (Å²) in [6.07, 6.45) is 2.48. The minimum absolute atomic E-state index is 0.582. The highest BCUT2D eigenvalue weighted by molar-refractivity contribution is 5.33. The predicted octanol–water partition coefficient (Wildman–Crippen LogP) is 1.67. The van der Waals surface area contributed by atoms with E-state index in [2.05, 4.69) is 27.1 Å². The first-order valence-electron chi connectivity index (χ1n) is 6.49. The highest BCUT2D eigenvalue weighted by Gasteiger charge is 2.21. The largest absolute Gasteiger partial charge is 0.339 e. The molecule has 2 rings (SSSR count). The lowest BCUT2D eigenvalue weighted by molar-refractivity contribution is 0.427.